The number of carbonyl (C=O) groups is 1. The van der Waals surface area contributed by atoms with Gasteiger partial charge in [-0.25, -0.2) is 8.42 Å². The first kappa shape index (κ1) is 14.6. The highest BCUT2D eigenvalue weighted by Crippen LogP contribution is 2.24. The maximum absolute atomic E-state index is 11.9. The predicted octanol–water partition coefficient (Wildman–Crippen LogP) is 2.10. The molecule has 19 heavy (non-hydrogen) atoms. The molecule has 0 amide bonds. The van der Waals surface area contributed by atoms with E-state index < -0.39 is 9.84 Å². The fourth-order valence-electron chi connectivity index (χ4n) is 2.70. The Bertz CT molecular complexity index is 604. The van der Waals surface area contributed by atoms with Crippen molar-refractivity contribution < 1.29 is 13.2 Å². The van der Waals surface area contributed by atoms with Crippen molar-refractivity contribution in [2.75, 3.05) is 11.6 Å². The summed E-state index contributed by atoms with van der Waals surface area (Å²) in [4.78, 5) is 11.7. The molecule has 1 fully saturated rings. The molecule has 1 atom stereocenters. The first-order valence-corrected chi connectivity index (χ1v) is 8.59. The smallest absolute Gasteiger partial charge is 0.179 e. The summed E-state index contributed by atoms with van der Waals surface area (Å²) in [5.74, 6) is 0.117. The Balaban J connectivity index is 2.31. The fraction of sp³-hybridized carbons (Fsp3) is 0.615. The number of rotatable bonds is 4. The summed E-state index contributed by atoms with van der Waals surface area (Å²) in [6, 6.07) is 1.79. The molecule has 1 aliphatic rings. The summed E-state index contributed by atoms with van der Waals surface area (Å²) in [5.41, 5.74) is 2.32. The van der Waals surface area contributed by atoms with E-state index in [0.717, 1.165) is 17.8 Å². The second-order valence-corrected chi connectivity index (χ2v) is 7.75. The Hall–Kier alpha value is -0.810. The number of ketones is 1. The highest BCUT2D eigenvalue weighted by atomic mass is 35.5. The average molecular weight is 304 g/mol. The maximum atomic E-state index is 11.9. The van der Waals surface area contributed by atoms with Gasteiger partial charge in [0.2, 0.25) is 0 Å². The van der Waals surface area contributed by atoms with E-state index in [-0.39, 0.29) is 22.7 Å². The number of Topliss-reactive ketones (excluding diaryl/α,β-unsaturated/α-hetero) is 1. The second-order valence-electron chi connectivity index (χ2n) is 5.08. The summed E-state index contributed by atoms with van der Waals surface area (Å²) < 4.78 is 25.7. The van der Waals surface area contributed by atoms with Crippen LogP contribution in [0, 0.1) is 13.8 Å². The van der Waals surface area contributed by atoms with Crippen molar-refractivity contribution in [2.24, 2.45) is 0 Å². The zero-order chi connectivity index (χ0) is 14.2. The SMILES string of the molecule is Cc1cc(C(=O)CCl)c(C)n1CC1CCCS1(=O)=O. The summed E-state index contributed by atoms with van der Waals surface area (Å²) in [6.45, 7) is 4.17. The van der Waals surface area contributed by atoms with Crippen LogP contribution in [0.25, 0.3) is 0 Å². The van der Waals surface area contributed by atoms with Crippen molar-refractivity contribution >= 4 is 27.2 Å². The van der Waals surface area contributed by atoms with Crippen LogP contribution in [0.3, 0.4) is 0 Å². The van der Waals surface area contributed by atoms with Crippen molar-refractivity contribution in [1.82, 2.24) is 4.57 Å². The minimum Gasteiger partial charge on any atom is -0.347 e. The van der Waals surface area contributed by atoms with Gasteiger partial charge in [0, 0.05) is 23.5 Å². The van der Waals surface area contributed by atoms with Gasteiger partial charge in [-0.05, 0) is 32.8 Å². The molecule has 1 unspecified atom stereocenters. The summed E-state index contributed by atoms with van der Waals surface area (Å²) >= 11 is 5.58. The standard InChI is InChI=1S/C13H18ClNO3S/c1-9-6-12(13(16)7-14)10(2)15(9)8-11-4-3-5-19(11,17)18/h6,11H,3-5,7-8H2,1-2H3. The Kier molecular flexibility index (Phi) is 4.06. The lowest BCUT2D eigenvalue weighted by molar-refractivity contribution is 0.102. The van der Waals surface area contributed by atoms with Crippen molar-refractivity contribution in [1.29, 1.82) is 0 Å². The van der Waals surface area contributed by atoms with E-state index in [1.807, 2.05) is 18.4 Å². The number of carbonyl (C=O) groups excluding carboxylic acids is 1. The fourth-order valence-corrected chi connectivity index (χ4v) is 4.65. The molecule has 0 bridgehead atoms. The van der Waals surface area contributed by atoms with E-state index in [2.05, 4.69) is 0 Å². The largest absolute Gasteiger partial charge is 0.347 e. The molecule has 0 radical (unpaired) electrons. The van der Waals surface area contributed by atoms with Crippen LogP contribution in [0.5, 0.6) is 0 Å². The van der Waals surface area contributed by atoms with Gasteiger partial charge in [-0.3, -0.25) is 4.79 Å². The molecule has 6 heteroatoms. The Morgan fingerprint density at radius 2 is 2.16 bits per heavy atom. The van der Waals surface area contributed by atoms with Gasteiger partial charge in [-0.15, -0.1) is 11.6 Å². The van der Waals surface area contributed by atoms with Crippen LogP contribution >= 0.6 is 11.6 Å². The number of alkyl halides is 1. The van der Waals surface area contributed by atoms with Gasteiger partial charge in [0.05, 0.1) is 16.9 Å². The molecule has 0 aliphatic carbocycles. The van der Waals surface area contributed by atoms with Gasteiger partial charge in [-0.1, -0.05) is 0 Å². The van der Waals surface area contributed by atoms with E-state index in [1.54, 1.807) is 6.07 Å². The minimum atomic E-state index is -2.97. The number of nitrogens with zero attached hydrogens (tertiary/aromatic N) is 1. The molecule has 106 valence electrons. The number of hydrogen-bond donors (Lipinski definition) is 0. The van der Waals surface area contributed by atoms with Crippen LogP contribution in [-0.4, -0.2) is 35.7 Å². The maximum Gasteiger partial charge on any atom is 0.179 e. The van der Waals surface area contributed by atoms with Crippen LogP contribution in [0.15, 0.2) is 6.07 Å². The van der Waals surface area contributed by atoms with Crippen molar-refractivity contribution in [2.45, 2.75) is 38.5 Å². The molecule has 1 aromatic rings. The lowest BCUT2D eigenvalue weighted by Crippen LogP contribution is -2.23. The van der Waals surface area contributed by atoms with Crippen molar-refractivity contribution in [3.8, 4) is 0 Å². The van der Waals surface area contributed by atoms with Crippen LogP contribution in [0.1, 0.15) is 34.6 Å². The van der Waals surface area contributed by atoms with Gasteiger partial charge in [-0.2, -0.15) is 0 Å². The van der Waals surface area contributed by atoms with Gasteiger partial charge in [0.15, 0.2) is 15.6 Å². The topological polar surface area (TPSA) is 56.1 Å². The molecule has 4 nitrogen and oxygen atoms in total. The van der Waals surface area contributed by atoms with E-state index in [4.69, 9.17) is 11.6 Å². The minimum absolute atomic E-state index is 0.0496. The molecule has 1 aliphatic heterocycles. The number of aromatic nitrogens is 1. The molecule has 1 saturated heterocycles. The first-order chi connectivity index (χ1) is 8.86. The summed E-state index contributed by atoms with van der Waals surface area (Å²) in [7, 11) is -2.97. The molecule has 0 aromatic carbocycles. The normalized spacial score (nSPS) is 21.7. The molecular formula is C13H18ClNO3S. The molecule has 1 aromatic heterocycles. The van der Waals surface area contributed by atoms with E-state index >= 15 is 0 Å². The average Bonchev–Trinajstić information content (AvgIpc) is 2.82. The lowest BCUT2D eigenvalue weighted by atomic mass is 10.2. The zero-order valence-electron chi connectivity index (χ0n) is 11.1. The Morgan fingerprint density at radius 1 is 1.47 bits per heavy atom. The first-order valence-electron chi connectivity index (χ1n) is 6.34. The van der Waals surface area contributed by atoms with E-state index in [0.29, 0.717) is 18.5 Å². The van der Waals surface area contributed by atoms with Crippen LogP contribution in [0.2, 0.25) is 0 Å². The van der Waals surface area contributed by atoms with Crippen LogP contribution in [-0.2, 0) is 16.4 Å². The van der Waals surface area contributed by atoms with Gasteiger partial charge >= 0.3 is 0 Å². The third kappa shape index (κ3) is 2.72. The molecule has 2 rings (SSSR count). The van der Waals surface area contributed by atoms with Crippen molar-refractivity contribution in [3.05, 3.63) is 23.0 Å². The highest BCUT2D eigenvalue weighted by Gasteiger charge is 2.32. The van der Waals surface area contributed by atoms with E-state index in [9.17, 15) is 13.2 Å². The molecule has 2 heterocycles. The number of aryl methyl sites for hydroxylation is 1. The third-order valence-electron chi connectivity index (χ3n) is 3.84. The zero-order valence-corrected chi connectivity index (χ0v) is 12.7. The number of sulfone groups is 1. The highest BCUT2D eigenvalue weighted by molar-refractivity contribution is 7.92. The number of hydrogen-bond acceptors (Lipinski definition) is 3. The van der Waals surface area contributed by atoms with Crippen LogP contribution < -0.4 is 0 Å². The molecular weight excluding hydrogens is 286 g/mol. The third-order valence-corrected chi connectivity index (χ3v) is 6.35. The van der Waals surface area contributed by atoms with Crippen molar-refractivity contribution in [3.63, 3.8) is 0 Å². The summed E-state index contributed by atoms with van der Waals surface area (Å²) in [6.07, 6.45) is 1.44. The van der Waals surface area contributed by atoms with Gasteiger partial charge < -0.3 is 4.57 Å². The van der Waals surface area contributed by atoms with Crippen LogP contribution in [0.4, 0.5) is 0 Å². The molecule has 0 saturated carbocycles. The predicted molar refractivity (Wildman–Crippen MR) is 75.8 cm³/mol. The Labute approximate surface area is 118 Å². The van der Waals surface area contributed by atoms with Gasteiger partial charge in [0.1, 0.15) is 0 Å². The summed E-state index contributed by atoms with van der Waals surface area (Å²) in [5, 5.41) is -0.323. The Morgan fingerprint density at radius 3 is 2.68 bits per heavy atom. The molecule has 0 spiro atoms. The lowest BCUT2D eigenvalue weighted by Gasteiger charge is -2.14. The second kappa shape index (κ2) is 5.29. The monoisotopic (exact) mass is 303 g/mol. The molecule has 0 N–H and O–H groups in total. The van der Waals surface area contributed by atoms with E-state index in [1.165, 1.54) is 0 Å². The number of halogens is 1. The van der Waals surface area contributed by atoms with Gasteiger partial charge in [0.25, 0.3) is 0 Å². The quantitative estimate of drug-likeness (QED) is 0.632.